The molecule has 0 bridgehead atoms. The number of anilines is 1. The van der Waals surface area contributed by atoms with E-state index in [-0.39, 0.29) is 76.8 Å². The number of allylic oxidation sites excluding steroid dienone is 1. The van der Waals surface area contributed by atoms with Gasteiger partial charge in [-0.3, -0.25) is 9.78 Å². The molecule has 0 saturated carbocycles. The van der Waals surface area contributed by atoms with Crippen molar-refractivity contribution in [2.75, 3.05) is 11.4 Å². The standard InChI is InChI=1S/C26H22F2N3O2.Rb/c1-18-9-11-19(12-10-18)25(33)31-15-13-26(27,28)22(21-7-2-3-8-23(21)31)16-24(32)30-17-20-6-4-5-14-29-20;/h2-11,14,16H,13,15,17H2,1H3,(H,30,32);/q-1;+1/b22-16-;. The zero-order chi connectivity index (χ0) is 23.4. The van der Waals surface area contributed by atoms with E-state index < -0.39 is 29.7 Å². The monoisotopic (exact) mass is 531 g/mol. The van der Waals surface area contributed by atoms with Crippen molar-refractivity contribution in [2.45, 2.75) is 25.8 Å². The Balaban J connectivity index is 0.00000324. The van der Waals surface area contributed by atoms with E-state index in [4.69, 9.17) is 0 Å². The van der Waals surface area contributed by atoms with Gasteiger partial charge in [0.2, 0.25) is 5.91 Å². The minimum absolute atomic E-state index is 0. The molecule has 0 spiro atoms. The fraction of sp³-hybridized carbons (Fsp3) is 0.192. The first-order valence-electron chi connectivity index (χ1n) is 10.5. The van der Waals surface area contributed by atoms with Crippen molar-refractivity contribution in [1.82, 2.24) is 10.3 Å². The van der Waals surface area contributed by atoms with Crippen molar-refractivity contribution in [3.63, 3.8) is 0 Å². The summed E-state index contributed by atoms with van der Waals surface area (Å²) < 4.78 is 30.4. The number of nitrogens with one attached hydrogen (secondary N) is 1. The number of carbonyl (C=O) groups is 2. The van der Waals surface area contributed by atoms with Crippen LogP contribution < -0.4 is 68.4 Å². The van der Waals surface area contributed by atoms with Crippen LogP contribution in [0.4, 0.5) is 14.5 Å². The molecule has 1 N–H and O–H groups in total. The number of carbonyl (C=O) groups excluding carboxylic acids is 2. The molecular formula is C26H22F2N3O2Rb. The van der Waals surface area contributed by atoms with Crippen molar-refractivity contribution >= 4 is 23.1 Å². The maximum absolute atomic E-state index is 15.2. The second-order valence-electron chi connectivity index (χ2n) is 7.80. The third-order valence-electron chi connectivity index (χ3n) is 5.42. The Morgan fingerprint density at radius 1 is 1.15 bits per heavy atom. The molecule has 0 fully saturated rings. The maximum atomic E-state index is 15.2. The number of alkyl halides is 2. The molecule has 0 atom stereocenters. The Labute approximate surface area is 246 Å². The quantitative estimate of drug-likeness (QED) is 0.411. The fourth-order valence-corrected chi connectivity index (χ4v) is 3.68. The number of pyridine rings is 1. The number of aromatic nitrogens is 1. The van der Waals surface area contributed by atoms with Crippen LogP contribution in [0.15, 0.2) is 72.9 Å². The van der Waals surface area contributed by atoms with Crippen LogP contribution in [0.1, 0.15) is 33.6 Å². The molecule has 2 amide bonds. The molecule has 34 heavy (non-hydrogen) atoms. The van der Waals surface area contributed by atoms with Crippen molar-refractivity contribution < 1.29 is 76.6 Å². The van der Waals surface area contributed by atoms with Gasteiger partial charge in [-0.1, -0.05) is 36.8 Å². The van der Waals surface area contributed by atoms with Crippen molar-refractivity contribution in [3.8, 4) is 0 Å². The summed E-state index contributed by atoms with van der Waals surface area (Å²) in [5.41, 5.74) is 1.91. The van der Waals surface area contributed by atoms with E-state index >= 15 is 8.78 Å². The predicted octanol–water partition coefficient (Wildman–Crippen LogP) is 1.58. The van der Waals surface area contributed by atoms with Gasteiger partial charge in [-0.15, -0.1) is 29.8 Å². The van der Waals surface area contributed by atoms with Gasteiger partial charge in [0.05, 0.1) is 12.2 Å². The first-order valence-corrected chi connectivity index (χ1v) is 10.5. The second-order valence-corrected chi connectivity index (χ2v) is 7.80. The van der Waals surface area contributed by atoms with E-state index in [1.54, 1.807) is 60.8 Å². The van der Waals surface area contributed by atoms with E-state index in [1.807, 2.05) is 6.92 Å². The predicted molar refractivity (Wildman–Crippen MR) is 122 cm³/mol. The van der Waals surface area contributed by atoms with Crippen molar-refractivity contribution in [1.29, 1.82) is 0 Å². The Hall–Kier alpha value is -2.06. The van der Waals surface area contributed by atoms with Crippen LogP contribution in [0.3, 0.4) is 0 Å². The molecule has 2 heterocycles. The number of halogens is 2. The zero-order valence-electron chi connectivity index (χ0n) is 19.0. The SMILES string of the molecule is Cc1c[c-]c(C(=O)N2CCC(F)(F)/C(=C\C(=O)NCc3ccccn3)c3ccccc32)cc1.[Rb+]. The number of hydrogen-bond donors (Lipinski definition) is 1. The number of aryl methyl sites for hydroxylation is 1. The van der Waals surface area contributed by atoms with Gasteiger partial charge in [0, 0.05) is 42.1 Å². The summed E-state index contributed by atoms with van der Waals surface area (Å²) >= 11 is 0. The van der Waals surface area contributed by atoms with E-state index in [0.717, 1.165) is 11.6 Å². The van der Waals surface area contributed by atoms with E-state index in [2.05, 4.69) is 16.4 Å². The van der Waals surface area contributed by atoms with Crippen LogP contribution in [0.25, 0.3) is 5.57 Å². The van der Waals surface area contributed by atoms with Crippen LogP contribution in [-0.2, 0) is 11.3 Å². The van der Waals surface area contributed by atoms with Gasteiger partial charge in [-0.2, -0.15) is 0 Å². The summed E-state index contributed by atoms with van der Waals surface area (Å²) in [5.74, 6) is -4.37. The molecule has 5 nitrogen and oxygen atoms in total. The van der Waals surface area contributed by atoms with Gasteiger partial charge in [-0.05, 0) is 18.2 Å². The summed E-state index contributed by atoms with van der Waals surface area (Å²) in [6.07, 6.45) is 1.90. The number of fused-ring (bicyclic) bond motifs is 1. The molecular weight excluding hydrogens is 510 g/mol. The molecule has 3 aromatic rings. The molecule has 1 aliphatic rings. The minimum atomic E-state index is -3.30. The average Bonchev–Trinajstić information content (AvgIpc) is 2.93. The van der Waals surface area contributed by atoms with Gasteiger partial charge >= 0.3 is 58.2 Å². The van der Waals surface area contributed by atoms with E-state index in [9.17, 15) is 9.59 Å². The molecule has 8 heteroatoms. The number of hydrogen-bond acceptors (Lipinski definition) is 3. The first-order chi connectivity index (χ1) is 15.8. The zero-order valence-corrected chi connectivity index (χ0v) is 23.9. The number of amides is 2. The van der Waals surface area contributed by atoms with Crippen LogP contribution in [-0.4, -0.2) is 29.3 Å². The molecule has 0 saturated heterocycles. The molecule has 0 unspecified atom stereocenters. The van der Waals surface area contributed by atoms with Crippen molar-refractivity contribution in [2.24, 2.45) is 0 Å². The molecule has 168 valence electrons. The topological polar surface area (TPSA) is 62.3 Å². The summed E-state index contributed by atoms with van der Waals surface area (Å²) in [6.45, 7) is 1.80. The van der Waals surface area contributed by atoms with Crippen LogP contribution in [0.2, 0.25) is 0 Å². The fourth-order valence-electron chi connectivity index (χ4n) is 3.68. The summed E-state index contributed by atoms with van der Waals surface area (Å²) in [5, 5.41) is 2.60. The Morgan fingerprint density at radius 2 is 1.91 bits per heavy atom. The first kappa shape index (κ1) is 26.5. The van der Waals surface area contributed by atoms with E-state index in [0.29, 0.717) is 16.9 Å². The Bertz CT molecular complexity index is 1200. The van der Waals surface area contributed by atoms with Crippen molar-refractivity contribution in [3.05, 3.63) is 101 Å². The minimum Gasteiger partial charge on any atom is -0.348 e. The largest absolute Gasteiger partial charge is 1.00 e. The third-order valence-corrected chi connectivity index (χ3v) is 5.42. The molecule has 2 aromatic carbocycles. The van der Waals surface area contributed by atoms with Gasteiger partial charge in [0.1, 0.15) is 0 Å². The normalized spacial score (nSPS) is 15.6. The average molecular weight is 532 g/mol. The van der Waals surface area contributed by atoms with Crippen LogP contribution >= 0.6 is 0 Å². The van der Waals surface area contributed by atoms with Gasteiger partial charge in [-0.25, -0.2) is 8.78 Å². The third kappa shape index (κ3) is 6.13. The summed E-state index contributed by atoms with van der Waals surface area (Å²) in [6, 6.07) is 19.7. The van der Waals surface area contributed by atoms with Gasteiger partial charge in [0.25, 0.3) is 5.92 Å². The number of benzene rings is 2. The van der Waals surface area contributed by atoms with Gasteiger partial charge < -0.3 is 15.0 Å². The molecule has 0 aliphatic carbocycles. The molecule has 0 radical (unpaired) electrons. The Kier molecular flexibility index (Phi) is 9.04. The Morgan fingerprint density at radius 3 is 2.62 bits per heavy atom. The van der Waals surface area contributed by atoms with E-state index in [1.165, 1.54) is 11.0 Å². The number of nitrogens with zero attached hydrogens (tertiary/aromatic N) is 2. The second kappa shape index (κ2) is 11.6. The molecule has 4 rings (SSSR count). The summed E-state index contributed by atoms with van der Waals surface area (Å²) in [4.78, 5) is 31.1. The van der Waals surface area contributed by atoms with Crippen LogP contribution in [0.5, 0.6) is 0 Å². The van der Waals surface area contributed by atoms with Crippen LogP contribution in [0, 0.1) is 13.0 Å². The maximum Gasteiger partial charge on any atom is 1.00 e. The smallest absolute Gasteiger partial charge is 0.348 e. The summed E-state index contributed by atoms with van der Waals surface area (Å²) in [7, 11) is 0. The molecule has 1 aliphatic heterocycles. The number of rotatable bonds is 4. The number of para-hydroxylation sites is 1. The van der Waals surface area contributed by atoms with Gasteiger partial charge in [0.15, 0.2) is 5.91 Å². The molecule has 1 aromatic heterocycles.